The van der Waals surface area contributed by atoms with Gasteiger partial charge >= 0.3 is 0 Å². The highest BCUT2D eigenvalue weighted by Crippen LogP contribution is 2.33. The minimum absolute atomic E-state index is 0.122. The summed E-state index contributed by atoms with van der Waals surface area (Å²) in [5.41, 5.74) is -0.527. The SMILES string of the molecule is CCN(C1CCN(CC2(O)CCC(C)CC2)CC1)S(C)(=O)=O. The second-order valence-corrected chi connectivity index (χ2v) is 9.32. The molecule has 0 unspecified atom stereocenters. The van der Waals surface area contributed by atoms with Crippen molar-refractivity contribution < 1.29 is 13.5 Å². The van der Waals surface area contributed by atoms with Gasteiger partial charge in [-0.3, -0.25) is 0 Å². The molecule has 0 atom stereocenters. The molecule has 0 aromatic carbocycles. The van der Waals surface area contributed by atoms with Gasteiger partial charge in [0.25, 0.3) is 0 Å². The Kier molecular flexibility index (Phi) is 5.91. The quantitative estimate of drug-likeness (QED) is 0.832. The van der Waals surface area contributed by atoms with Crippen LogP contribution in [0.2, 0.25) is 0 Å². The third-order valence-corrected chi connectivity index (χ3v) is 6.83. The lowest BCUT2D eigenvalue weighted by Crippen LogP contribution is -2.51. The summed E-state index contributed by atoms with van der Waals surface area (Å²) in [5, 5.41) is 10.7. The predicted molar refractivity (Wildman–Crippen MR) is 89.3 cm³/mol. The molecule has 1 heterocycles. The van der Waals surface area contributed by atoms with E-state index in [9.17, 15) is 13.5 Å². The van der Waals surface area contributed by atoms with E-state index >= 15 is 0 Å². The number of likely N-dealkylation sites (tertiary alicyclic amines) is 1. The Balaban J connectivity index is 1.84. The summed E-state index contributed by atoms with van der Waals surface area (Å²) < 4.78 is 25.3. The fourth-order valence-electron chi connectivity index (χ4n) is 4.00. The van der Waals surface area contributed by atoms with Crippen molar-refractivity contribution in [1.29, 1.82) is 0 Å². The molecule has 1 aliphatic carbocycles. The molecule has 1 saturated heterocycles. The van der Waals surface area contributed by atoms with Crippen molar-refractivity contribution in [2.45, 2.75) is 64.0 Å². The Hall–Kier alpha value is -0.170. The number of aliphatic hydroxyl groups is 1. The van der Waals surface area contributed by atoms with Gasteiger partial charge in [0.2, 0.25) is 10.0 Å². The van der Waals surface area contributed by atoms with Crippen molar-refractivity contribution in [2.24, 2.45) is 5.92 Å². The average molecular weight is 333 g/mol. The van der Waals surface area contributed by atoms with Gasteiger partial charge in [0.1, 0.15) is 0 Å². The van der Waals surface area contributed by atoms with Crippen molar-refractivity contribution in [1.82, 2.24) is 9.21 Å². The molecule has 0 radical (unpaired) electrons. The van der Waals surface area contributed by atoms with Crippen LogP contribution in [0.25, 0.3) is 0 Å². The zero-order valence-electron chi connectivity index (χ0n) is 14.3. The van der Waals surface area contributed by atoms with Crippen molar-refractivity contribution in [3.05, 3.63) is 0 Å². The smallest absolute Gasteiger partial charge is 0.211 e. The molecule has 22 heavy (non-hydrogen) atoms. The van der Waals surface area contributed by atoms with E-state index in [4.69, 9.17) is 0 Å². The molecule has 6 heteroatoms. The first kappa shape index (κ1) is 18.2. The van der Waals surface area contributed by atoms with Crippen LogP contribution in [0.15, 0.2) is 0 Å². The van der Waals surface area contributed by atoms with E-state index in [2.05, 4.69) is 11.8 Å². The lowest BCUT2D eigenvalue weighted by molar-refractivity contribution is -0.0410. The monoisotopic (exact) mass is 332 g/mol. The van der Waals surface area contributed by atoms with E-state index < -0.39 is 15.6 Å². The summed E-state index contributed by atoms with van der Waals surface area (Å²) in [6, 6.07) is 0.122. The summed E-state index contributed by atoms with van der Waals surface area (Å²) >= 11 is 0. The molecular weight excluding hydrogens is 300 g/mol. The molecule has 0 bridgehead atoms. The summed E-state index contributed by atoms with van der Waals surface area (Å²) in [6.07, 6.45) is 7.07. The Labute approximate surface area is 135 Å². The number of sulfonamides is 1. The second-order valence-electron chi connectivity index (χ2n) is 7.38. The zero-order chi connectivity index (χ0) is 16.4. The van der Waals surface area contributed by atoms with Crippen LogP contribution in [0.5, 0.6) is 0 Å². The summed E-state index contributed by atoms with van der Waals surface area (Å²) in [5.74, 6) is 0.735. The highest BCUT2D eigenvalue weighted by atomic mass is 32.2. The molecule has 0 aromatic heterocycles. The molecule has 1 aliphatic heterocycles. The maximum Gasteiger partial charge on any atom is 0.211 e. The van der Waals surface area contributed by atoms with Gasteiger partial charge in [0.05, 0.1) is 11.9 Å². The van der Waals surface area contributed by atoms with Crippen LogP contribution >= 0.6 is 0 Å². The third-order valence-electron chi connectivity index (χ3n) is 5.42. The largest absolute Gasteiger partial charge is 0.389 e. The first-order chi connectivity index (χ1) is 10.2. The van der Waals surface area contributed by atoms with Crippen molar-refractivity contribution in [3.8, 4) is 0 Å². The van der Waals surface area contributed by atoms with Crippen molar-refractivity contribution >= 4 is 10.0 Å². The fraction of sp³-hybridized carbons (Fsp3) is 1.00. The Morgan fingerprint density at radius 3 is 2.18 bits per heavy atom. The van der Waals surface area contributed by atoms with Crippen LogP contribution in [-0.4, -0.2) is 66.8 Å². The van der Waals surface area contributed by atoms with E-state index in [-0.39, 0.29) is 6.04 Å². The molecule has 1 saturated carbocycles. The molecule has 130 valence electrons. The van der Waals surface area contributed by atoms with Gasteiger partial charge in [-0.25, -0.2) is 8.42 Å². The maximum atomic E-state index is 11.8. The first-order valence-electron chi connectivity index (χ1n) is 8.65. The van der Waals surface area contributed by atoms with Gasteiger partial charge in [0.15, 0.2) is 0 Å². The van der Waals surface area contributed by atoms with E-state index in [0.717, 1.165) is 64.1 Å². The molecule has 0 spiro atoms. The van der Waals surface area contributed by atoms with Crippen LogP contribution < -0.4 is 0 Å². The highest BCUT2D eigenvalue weighted by molar-refractivity contribution is 7.88. The van der Waals surface area contributed by atoms with E-state index in [0.29, 0.717) is 6.54 Å². The number of rotatable bonds is 5. The lowest BCUT2D eigenvalue weighted by Gasteiger charge is -2.42. The Morgan fingerprint density at radius 1 is 1.18 bits per heavy atom. The minimum atomic E-state index is -3.11. The van der Waals surface area contributed by atoms with Gasteiger partial charge in [-0.15, -0.1) is 0 Å². The van der Waals surface area contributed by atoms with Gasteiger partial charge in [0, 0.05) is 19.1 Å². The molecule has 2 aliphatic rings. The maximum absolute atomic E-state index is 11.8. The van der Waals surface area contributed by atoms with E-state index in [1.54, 1.807) is 4.31 Å². The summed E-state index contributed by atoms with van der Waals surface area (Å²) in [7, 11) is -3.11. The van der Waals surface area contributed by atoms with Gasteiger partial charge < -0.3 is 10.0 Å². The standard InChI is InChI=1S/C16H32N2O3S/c1-4-18(22(3,20)21)15-7-11-17(12-8-15)13-16(19)9-5-14(2)6-10-16/h14-15,19H,4-13H2,1-3H3. The first-order valence-corrected chi connectivity index (χ1v) is 10.5. The molecule has 5 nitrogen and oxygen atoms in total. The molecule has 2 fully saturated rings. The van der Waals surface area contributed by atoms with Gasteiger partial charge in [-0.2, -0.15) is 4.31 Å². The van der Waals surface area contributed by atoms with Gasteiger partial charge in [-0.1, -0.05) is 13.8 Å². The number of hydrogen-bond acceptors (Lipinski definition) is 4. The van der Waals surface area contributed by atoms with Crippen molar-refractivity contribution in [3.63, 3.8) is 0 Å². The van der Waals surface area contributed by atoms with Crippen LogP contribution in [0.3, 0.4) is 0 Å². The molecule has 2 rings (SSSR count). The highest BCUT2D eigenvalue weighted by Gasteiger charge is 2.36. The van der Waals surface area contributed by atoms with Gasteiger partial charge in [-0.05, 0) is 57.5 Å². The van der Waals surface area contributed by atoms with Crippen molar-refractivity contribution in [2.75, 3.05) is 32.4 Å². The topological polar surface area (TPSA) is 60.9 Å². The minimum Gasteiger partial charge on any atom is -0.389 e. The normalized spacial score (nSPS) is 32.5. The summed E-state index contributed by atoms with van der Waals surface area (Å²) in [6.45, 7) is 7.22. The van der Waals surface area contributed by atoms with E-state index in [1.165, 1.54) is 6.26 Å². The Bertz CT molecular complexity index is 450. The molecular formula is C16H32N2O3S. The number of nitrogens with zero attached hydrogens (tertiary/aromatic N) is 2. The second kappa shape index (κ2) is 7.16. The average Bonchev–Trinajstić information content (AvgIpc) is 2.44. The van der Waals surface area contributed by atoms with Crippen LogP contribution in [0, 0.1) is 5.92 Å². The molecule has 0 aromatic rings. The van der Waals surface area contributed by atoms with E-state index in [1.807, 2.05) is 6.92 Å². The van der Waals surface area contributed by atoms with Crippen LogP contribution in [-0.2, 0) is 10.0 Å². The lowest BCUT2D eigenvalue weighted by atomic mass is 9.79. The fourth-order valence-corrected chi connectivity index (χ4v) is 5.22. The van der Waals surface area contributed by atoms with Crippen LogP contribution in [0.4, 0.5) is 0 Å². The van der Waals surface area contributed by atoms with Crippen LogP contribution in [0.1, 0.15) is 52.4 Å². The molecule has 1 N–H and O–H groups in total. The third kappa shape index (κ3) is 4.66. The zero-order valence-corrected chi connectivity index (χ0v) is 15.1. The molecule has 0 amide bonds. The number of β-amino-alcohol motifs (C(OH)–C–C–N with tert-alkyl or cyclic N) is 1. The summed E-state index contributed by atoms with van der Waals surface area (Å²) in [4.78, 5) is 2.32. The Morgan fingerprint density at radius 2 is 1.73 bits per heavy atom. The predicted octanol–water partition coefficient (Wildman–Crippen LogP) is 1.67. The number of piperidine rings is 1. The number of hydrogen-bond donors (Lipinski definition) is 1.